The van der Waals surface area contributed by atoms with E-state index in [-0.39, 0.29) is 35.3 Å². The quantitative estimate of drug-likeness (QED) is 0.535. The Hall–Kier alpha value is -3.75. The molecule has 5 unspecified atom stereocenters. The van der Waals surface area contributed by atoms with Gasteiger partial charge in [0.2, 0.25) is 5.91 Å². The first-order chi connectivity index (χ1) is 17.3. The van der Waals surface area contributed by atoms with E-state index >= 15 is 0 Å². The van der Waals surface area contributed by atoms with Crippen LogP contribution in [0.25, 0.3) is 11.0 Å². The number of aromatic amines is 1. The lowest BCUT2D eigenvalue weighted by Crippen LogP contribution is -2.62. The van der Waals surface area contributed by atoms with Crippen molar-refractivity contribution in [2.75, 3.05) is 0 Å². The molecule has 1 spiro atoms. The number of aromatic nitrogens is 2. The number of alkyl halides is 3. The maximum atomic E-state index is 13.1. The number of H-pyrrole nitrogens is 1. The summed E-state index contributed by atoms with van der Waals surface area (Å²) in [6, 6.07) is 9.38. The minimum Gasteiger partial charge on any atom is -0.489 e. The third-order valence-corrected chi connectivity index (χ3v) is 8.41. The Morgan fingerprint density at radius 2 is 2.00 bits per heavy atom. The van der Waals surface area contributed by atoms with E-state index in [1.807, 2.05) is 30.4 Å². The van der Waals surface area contributed by atoms with Crippen molar-refractivity contribution >= 4 is 16.9 Å². The van der Waals surface area contributed by atoms with E-state index in [4.69, 9.17) is 9.47 Å². The molecule has 3 aromatic rings. The summed E-state index contributed by atoms with van der Waals surface area (Å²) in [5.74, 6) is 3.14. The number of amides is 1. The van der Waals surface area contributed by atoms with Gasteiger partial charge in [-0.15, -0.1) is 0 Å². The summed E-state index contributed by atoms with van der Waals surface area (Å²) in [4.78, 5) is 19.5. The molecule has 2 aromatic carbocycles. The summed E-state index contributed by atoms with van der Waals surface area (Å²) < 4.78 is 51.8. The van der Waals surface area contributed by atoms with Crippen molar-refractivity contribution in [1.29, 1.82) is 0 Å². The van der Waals surface area contributed by atoms with Crippen LogP contribution in [0.15, 0.2) is 59.9 Å². The zero-order valence-corrected chi connectivity index (χ0v) is 18.9. The highest BCUT2D eigenvalue weighted by Crippen LogP contribution is 2.64. The molecule has 1 amide bonds. The van der Waals surface area contributed by atoms with Crippen molar-refractivity contribution < 1.29 is 27.4 Å². The molecule has 0 radical (unpaired) electrons. The van der Waals surface area contributed by atoms with E-state index in [1.54, 1.807) is 0 Å². The molecule has 3 fully saturated rings. The van der Waals surface area contributed by atoms with Crippen LogP contribution in [0.1, 0.15) is 48.0 Å². The van der Waals surface area contributed by atoms with Gasteiger partial charge in [-0.05, 0) is 60.9 Å². The number of carbonyl (C=O) groups excluding carboxylic acids is 1. The smallest absolute Gasteiger partial charge is 0.416 e. The highest BCUT2D eigenvalue weighted by atomic mass is 19.4. The molecule has 8 rings (SSSR count). The highest BCUT2D eigenvalue weighted by molar-refractivity contribution is 5.79. The molecular weight excluding hydrogens is 471 g/mol. The standard InChI is InChI=1S/C27H20F3N3O3/c28-27(29,30)13-2-4-16-17(9-13)32-25(31-16)22-21-15-10-14(3-5-18(15)36-23(21)22)35-19-6-1-12-11-26(19)8-7-20(34)33-24(12)26/h1-6,9-10,21-24H,7-8,11H2,(H,31,32)(H,33,34). The Morgan fingerprint density at radius 1 is 1.11 bits per heavy atom. The second-order valence-electron chi connectivity index (χ2n) is 10.4. The van der Waals surface area contributed by atoms with Gasteiger partial charge in [-0.3, -0.25) is 4.79 Å². The molecule has 6 nitrogen and oxygen atoms in total. The normalized spacial score (nSPS) is 31.2. The average molecular weight is 491 g/mol. The lowest BCUT2D eigenvalue weighted by atomic mass is 9.54. The van der Waals surface area contributed by atoms with Gasteiger partial charge in [0.25, 0.3) is 0 Å². The predicted molar refractivity (Wildman–Crippen MR) is 122 cm³/mol. The maximum absolute atomic E-state index is 13.1. The van der Waals surface area contributed by atoms with Crippen LogP contribution < -0.4 is 14.8 Å². The van der Waals surface area contributed by atoms with Crippen LogP contribution in [0.4, 0.5) is 13.2 Å². The van der Waals surface area contributed by atoms with Crippen LogP contribution in [0.5, 0.6) is 11.5 Å². The van der Waals surface area contributed by atoms with E-state index in [0.29, 0.717) is 29.0 Å². The van der Waals surface area contributed by atoms with Crippen LogP contribution in [-0.2, 0) is 11.0 Å². The van der Waals surface area contributed by atoms with Gasteiger partial charge in [0.1, 0.15) is 29.2 Å². The largest absolute Gasteiger partial charge is 0.489 e. The number of benzene rings is 2. The minimum atomic E-state index is -4.40. The second-order valence-corrected chi connectivity index (χ2v) is 10.4. The molecular formula is C27H20F3N3O3. The molecule has 3 heterocycles. The van der Waals surface area contributed by atoms with E-state index in [1.165, 1.54) is 11.6 Å². The second kappa shape index (κ2) is 6.52. The van der Waals surface area contributed by atoms with Crippen LogP contribution in [0, 0.1) is 5.41 Å². The number of hydrogen-bond donors (Lipinski definition) is 2. The molecule has 1 aromatic heterocycles. The Kier molecular flexibility index (Phi) is 3.70. The van der Waals surface area contributed by atoms with Crippen molar-refractivity contribution in [2.45, 2.75) is 49.4 Å². The molecule has 182 valence electrons. The lowest BCUT2D eigenvalue weighted by Gasteiger charge is -2.56. The zero-order valence-electron chi connectivity index (χ0n) is 18.9. The molecule has 5 atom stereocenters. The van der Waals surface area contributed by atoms with Gasteiger partial charge in [-0.1, -0.05) is 6.08 Å². The van der Waals surface area contributed by atoms with Gasteiger partial charge in [-0.2, -0.15) is 13.2 Å². The minimum absolute atomic E-state index is 0.0275. The summed E-state index contributed by atoms with van der Waals surface area (Å²) in [6.07, 6.45) is 1.74. The third kappa shape index (κ3) is 2.68. The van der Waals surface area contributed by atoms with Gasteiger partial charge in [-0.25, -0.2) is 4.98 Å². The first-order valence-corrected chi connectivity index (χ1v) is 12.1. The molecule has 36 heavy (non-hydrogen) atoms. The first kappa shape index (κ1) is 20.4. The predicted octanol–water partition coefficient (Wildman–Crippen LogP) is 5.10. The maximum Gasteiger partial charge on any atom is 0.416 e. The van der Waals surface area contributed by atoms with Crippen molar-refractivity contribution in [1.82, 2.24) is 15.3 Å². The molecule has 2 aliphatic heterocycles. The Bertz CT molecular complexity index is 1550. The van der Waals surface area contributed by atoms with Gasteiger partial charge in [0.05, 0.1) is 34.0 Å². The lowest BCUT2D eigenvalue weighted by molar-refractivity contribution is -0.137. The number of carbonyl (C=O) groups is 1. The van der Waals surface area contributed by atoms with Crippen LogP contribution in [0.3, 0.4) is 0 Å². The number of nitrogens with one attached hydrogen (secondary N) is 2. The summed E-state index contributed by atoms with van der Waals surface area (Å²) in [7, 11) is 0. The van der Waals surface area contributed by atoms with Crippen molar-refractivity contribution in [3.8, 4) is 11.5 Å². The topological polar surface area (TPSA) is 76.2 Å². The molecule has 2 bridgehead atoms. The monoisotopic (exact) mass is 491 g/mol. The molecule has 3 aliphatic carbocycles. The molecule has 1 saturated heterocycles. The summed E-state index contributed by atoms with van der Waals surface area (Å²) in [5.41, 5.74) is 2.27. The van der Waals surface area contributed by atoms with E-state index in [0.717, 1.165) is 42.0 Å². The van der Waals surface area contributed by atoms with Gasteiger partial charge < -0.3 is 19.8 Å². The van der Waals surface area contributed by atoms with Gasteiger partial charge in [0.15, 0.2) is 0 Å². The number of piperidine rings is 1. The Morgan fingerprint density at radius 3 is 2.86 bits per heavy atom. The van der Waals surface area contributed by atoms with Gasteiger partial charge >= 0.3 is 6.18 Å². The van der Waals surface area contributed by atoms with Crippen LogP contribution >= 0.6 is 0 Å². The van der Waals surface area contributed by atoms with Gasteiger partial charge in [0, 0.05) is 17.9 Å². The summed E-state index contributed by atoms with van der Waals surface area (Å²) in [6.45, 7) is 0. The molecule has 2 N–H and O–H groups in total. The fraction of sp³-hybridized carbons (Fsp3) is 0.333. The van der Waals surface area contributed by atoms with Crippen LogP contribution in [0.2, 0.25) is 0 Å². The average Bonchev–Trinajstić information content (AvgIpc) is 3.19. The highest BCUT2D eigenvalue weighted by Gasteiger charge is 2.61. The third-order valence-electron chi connectivity index (χ3n) is 8.41. The van der Waals surface area contributed by atoms with E-state index < -0.39 is 11.7 Å². The summed E-state index contributed by atoms with van der Waals surface area (Å²) in [5, 5.41) is 3.11. The Balaban J connectivity index is 1.06. The number of fused-ring (bicyclic) bond motifs is 6. The number of imidazole rings is 1. The number of rotatable bonds is 3. The summed E-state index contributed by atoms with van der Waals surface area (Å²) >= 11 is 0. The van der Waals surface area contributed by atoms with Crippen molar-refractivity contribution in [3.63, 3.8) is 0 Å². The molecule has 9 heteroatoms. The fourth-order valence-electron chi connectivity index (χ4n) is 6.54. The zero-order chi connectivity index (χ0) is 24.4. The Labute approximate surface area is 203 Å². The number of nitrogens with zero attached hydrogens (tertiary/aromatic N) is 1. The molecule has 5 aliphatic rings. The first-order valence-electron chi connectivity index (χ1n) is 12.1. The number of allylic oxidation sites excluding steroid dienone is 2. The van der Waals surface area contributed by atoms with Crippen molar-refractivity contribution in [3.05, 3.63) is 76.8 Å². The van der Waals surface area contributed by atoms with E-state index in [9.17, 15) is 18.0 Å². The number of ether oxygens (including phenoxy) is 2. The number of halogens is 3. The van der Waals surface area contributed by atoms with Crippen LogP contribution in [-0.4, -0.2) is 28.0 Å². The van der Waals surface area contributed by atoms with E-state index in [2.05, 4.69) is 15.3 Å². The SMILES string of the molecule is O=C1CCC23CC(=CC=C2Oc2ccc4c(c2)C2C(O4)C2c2nc4ccc(C(F)(F)F)cc4[nH]2)C3N1. The number of hydrogen-bond acceptors (Lipinski definition) is 4. The molecule has 2 saturated carbocycles. The van der Waals surface area contributed by atoms with Crippen molar-refractivity contribution in [2.24, 2.45) is 5.41 Å². The fourth-order valence-corrected chi connectivity index (χ4v) is 6.54.